The number of carbonyl (C=O) groups excluding carboxylic acids is 4. The van der Waals surface area contributed by atoms with Gasteiger partial charge >= 0.3 is 0 Å². The predicted molar refractivity (Wildman–Crippen MR) is 176 cm³/mol. The zero-order valence-electron chi connectivity index (χ0n) is 26.7. The van der Waals surface area contributed by atoms with Gasteiger partial charge in [0.15, 0.2) is 11.5 Å². The van der Waals surface area contributed by atoms with Crippen LogP contribution in [0.25, 0.3) is 0 Å². The highest BCUT2D eigenvalue weighted by molar-refractivity contribution is 6.06. The number of aryl methyl sites for hydroxylation is 2. The standard InChI is InChI=1S/C33H39N7O7/c1-20-11-23-16-35-25-15-29(28(46-4)14-24(25)33(45)40(23)17-20)47-10-5-7-30(42)36-21-12-27(39(3)18-21)32(44)37-22-13-26(38(2)19-22)31(43)34-8-6-9-41/h12-16,18-19,23,41H,1,5-11,17H2,2-4H3,(H,34,43)(H,36,42)(H,37,44). The summed E-state index contributed by atoms with van der Waals surface area (Å²) in [5.74, 6) is -0.283. The second-order valence-corrected chi connectivity index (χ2v) is 11.5. The van der Waals surface area contributed by atoms with Gasteiger partial charge in [-0.25, -0.2) is 0 Å². The highest BCUT2D eigenvalue weighted by atomic mass is 16.5. The summed E-state index contributed by atoms with van der Waals surface area (Å²) >= 11 is 0. The Kier molecular flexibility index (Phi) is 10.1. The van der Waals surface area contributed by atoms with Crippen LogP contribution in [-0.2, 0) is 18.9 Å². The van der Waals surface area contributed by atoms with Gasteiger partial charge in [-0.2, -0.15) is 0 Å². The van der Waals surface area contributed by atoms with Crippen molar-refractivity contribution < 1.29 is 33.8 Å². The SMILES string of the molecule is C=C1CC2C=Nc3cc(OCCCC(=O)Nc4cc(C(=O)Nc5cc(C(=O)NCCCO)n(C)c5)n(C)c4)c(OC)cc3C(=O)N2C1. The number of aliphatic hydroxyl groups excluding tert-OH is 1. The number of nitrogens with zero attached hydrogens (tertiary/aromatic N) is 4. The maximum atomic E-state index is 13.2. The van der Waals surface area contributed by atoms with Crippen molar-refractivity contribution in [3.05, 3.63) is 65.8 Å². The fraction of sp³-hybridized carbons (Fsp3) is 0.364. The third-order valence-electron chi connectivity index (χ3n) is 7.89. The second-order valence-electron chi connectivity index (χ2n) is 11.5. The van der Waals surface area contributed by atoms with Gasteiger partial charge in [-0.3, -0.25) is 24.2 Å². The number of aliphatic hydroxyl groups is 1. The molecule has 0 spiro atoms. The molecule has 0 aliphatic carbocycles. The van der Waals surface area contributed by atoms with Crippen LogP contribution >= 0.6 is 0 Å². The van der Waals surface area contributed by atoms with Gasteiger partial charge < -0.3 is 44.6 Å². The van der Waals surface area contributed by atoms with Crippen LogP contribution in [-0.4, -0.2) is 88.4 Å². The molecule has 3 aromatic rings. The zero-order chi connectivity index (χ0) is 33.7. The van der Waals surface area contributed by atoms with E-state index in [0.717, 1.165) is 5.57 Å². The van der Waals surface area contributed by atoms with E-state index in [1.54, 1.807) is 71.0 Å². The molecule has 4 amide bonds. The molecule has 1 aromatic carbocycles. The van der Waals surface area contributed by atoms with E-state index in [-0.39, 0.29) is 43.4 Å². The van der Waals surface area contributed by atoms with E-state index < -0.39 is 5.91 Å². The Labute approximate surface area is 272 Å². The number of ether oxygens (including phenoxy) is 2. The maximum Gasteiger partial charge on any atom is 0.272 e. The lowest BCUT2D eigenvalue weighted by Gasteiger charge is -2.20. The molecule has 2 aliphatic heterocycles. The van der Waals surface area contributed by atoms with Crippen molar-refractivity contribution in [2.45, 2.75) is 31.7 Å². The van der Waals surface area contributed by atoms with E-state index in [4.69, 9.17) is 14.6 Å². The van der Waals surface area contributed by atoms with E-state index in [1.807, 2.05) is 0 Å². The minimum atomic E-state index is -0.411. The summed E-state index contributed by atoms with van der Waals surface area (Å²) in [5, 5.41) is 17.2. The van der Waals surface area contributed by atoms with Gasteiger partial charge in [0.05, 0.1) is 42.4 Å². The molecule has 1 fully saturated rings. The number of amides is 4. The number of aromatic nitrogens is 2. The summed E-state index contributed by atoms with van der Waals surface area (Å²) in [7, 11) is 4.88. The molecule has 5 rings (SSSR count). The van der Waals surface area contributed by atoms with Gasteiger partial charge in [0, 0.05) is 64.9 Å². The lowest BCUT2D eigenvalue weighted by Crippen LogP contribution is -2.35. The van der Waals surface area contributed by atoms with E-state index in [9.17, 15) is 19.2 Å². The quantitative estimate of drug-likeness (QED) is 0.164. The van der Waals surface area contributed by atoms with Crippen LogP contribution in [0.5, 0.6) is 11.5 Å². The monoisotopic (exact) mass is 645 g/mol. The number of aliphatic imine (C=N–C) groups is 1. The number of hydrogen-bond donors (Lipinski definition) is 4. The minimum Gasteiger partial charge on any atom is -0.493 e. The number of benzene rings is 1. The van der Waals surface area contributed by atoms with Crippen LogP contribution in [0.15, 0.2) is 53.8 Å². The predicted octanol–water partition coefficient (Wildman–Crippen LogP) is 3.02. The van der Waals surface area contributed by atoms with E-state index >= 15 is 0 Å². The molecule has 47 heavy (non-hydrogen) atoms. The van der Waals surface area contributed by atoms with Gasteiger partial charge in [0.25, 0.3) is 17.7 Å². The van der Waals surface area contributed by atoms with E-state index in [1.165, 1.54) is 7.11 Å². The molecule has 0 radical (unpaired) electrons. The third-order valence-corrected chi connectivity index (χ3v) is 7.89. The fourth-order valence-electron chi connectivity index (χ4n) is 5.53. The number of fused-ring (bicyclic) bond motifs is 2. The van der Waals surface area contributed by atoms with Crippen molar-refractivity contribution in [2.75, 3.05) is 44.0 Å². The van der Waals surface area contributed by atoms with Gasteiger partial charge in [0.1, 0.15) is 11.4 Å². The van der Waals surface area contributed by atoms with Gasteiger partial charge in [-0.1, -0.05) is 12.2 Å². The topological polar surface area (TPSA) is 169 Å². The van der Waals surface area contributed by atoms with Crippen molar-refractivity contribution in [3.8, 4) is 11.5 Å². The van der Waals surface area contributed by atoms with Crippen LogP contribution in [0.2, 0.25) is 0 Å². The number of rotatable bonds is 13. The van der Waals surface area contributed by atoms with Crippen molar-refractivity contribution in [3.63, 3.8) is 0 Å². The number of nitrogens with one attached hydrogen (secondary N) is 3. The van der Waals surface area contributed by atoms with Gasteiger partial charge in [0.2, 0.25) is 5.91 Å². The molecule has 0 bridgehead atoms. The number of anilines is 2. The van der Waals surface area contributed by atoms with Crippen LogP contribution in [0, 0.1) is 0 Å². The molecule has 1 unspecified atom stereocenters. The van der Waals surface area contributed by atoms with Crippen molar-refractivity contribution in [2.24, 2.45) is 19.1 Å². The highest BCUT2D eigenvalue weighted by Crippen LogP contribution is 2.38. The first-order chi connectivity index (χ1) is 22.6. The van der Waals surface area contributed by atoms with Crippen molar-refractivity contribution >= 4 is 46.9 Å². The smallest absolute Gasteiger partial charge is 0.272 e. The zero-order valence-corrected chi connectivity index (χ0v) is 26.7. The molecule has 14 nitrogen and oxygen atoms in total. The van der Waals surface area contributed by atoms with Crippen LogP contribution < -0.4 is 25.4 Å². The highest BCUT2D eigenvalue weighted by Gasteiger charge is 2.34. The molecule has 14 heteroatoms. The summed E-state index contributed by atoms with van der Waals surface area (Å²) in [6.07, 6.45) is 6.72. The first kappa shape index (κ1) is 33.0. The maximum absolute atomic E-state index is 13.2. The van der Waals surface area contributed by atoms with Crippen LogP contribution in [0.4, 0.5) is 17.1 Å². The van der Waals surface area contributed by atoms with E-state index in [0.29, 0.717) is 77.9 Å². The lowest BCUT2D eigenvalue weighted by atomic mass is 10.1. The van der Waals surface area contributed by atoms with Crippen molar-refractivity contribution in [1.82, 2.24) is 19.4 Å². The Bertz CT molecular complexity index is 1740. The Hall–Kier alpha value is -5.37. The average Bonchev–Trinajstić information content (AvgIpc) is 3.70. The molecule has 4 heterocycles. The summed E-state index contributed by atoms with van der Waals surface area (Å²) < 4.78 is 14.6. The van der Waals surface area contributed by atoms with Crippen molar-refractivity contribution in [1.29, 1.82) is 0 Å². The Morgan fingerprint density at radius 1 is 1.00 bits per heavy atom. The molecular formula is C33H39N7O7. The Morgan fingerprint density at radius 2 is 1.70 bits per heavy atom. The number of methoxy groups -OCH3 is 1. The summed E-state index contributed by atoms with van der Waals surface area (Å²) in [6.45, 7) is 5.04. The molecular weight excluding hydrogens is 606 g/mol. The molecule has 4 N–H and O–H groups in total. The second kappa shape index (κ2) is 14.4. The molecule has 2 aromatic heterocycles. The summed E-state index contributed by atoms with van der Waals surface area (Å²) in [5.41, 5.74) is 3.49. The fourth-order valence-corrected chi connectivity index (χ4v) is 5.53. The summed E-state index contributed by atoms with van der Waals surface area (Å²) in [6, 6.07) is 6.33. The van der Waals surface area contributed by atoms with Gasteiger partial charge in [-0.05, 0) is 37.5 Å². The Morgan fingerprint density at radius 3 is 2.40 bits per heavy atom. The largest absolute Gasteiger partial charge is 0.493 e. The molecule has 1 atom stereocenters. The number of hydrogen-bond acceptors (Lipinski definition) is 8. The molecule has 0 saturated carbocycles. The van der Waals surface area contributed by atoms with Gasteiger partial charge in [-0.15, -0.1) is 0 Å². The molecule has 2 aliphatic rings. The van der Waals surface area contributed by atoms with Crippen LogP contribution in [0.3, 0.4) is 0 Å². The third kappa shape index (κ3) is 7.55. The first-order valence-corrected chi connectivity index (χ1v) is 15.3. The molecule has 248 valence electrons. The Balaban J connectivity index is 1.12. The van der Waals surface area contributed by atoms with E-state index in [2.05, 4.69) is 27.5 Å². The average molecular weight is 646 g/mol. The number of carbonyl (C=O) groups is 4. The lowest BCUT2D eigenvalue weighted by molar-refractivity contribution is -0.116. The first-order valence-electron chi connectivity index (χ1n) is 15.3. The molecule has 1 saturated heterocycles. The summed E-state index contributed by atoms with van der Waals surface area (Å²) in [4.78, 5) is 57.5. The minimum absolute atomic E-state index is 0.0219. The normalized spacial score (nSPS) is 15.1. The van der Waals surface area contributed by atoms with Crippen LogP contribution in [0.1, 0.15) is 57.0 Å².